The van der Waals surface area contributed by atoms with Crippen molar-refractivity contribution >= 4 is 11.8 Å². The fraction of sp³-hybridized carbons (Fsp3) is 1.00. The molecular weight excluding hydrogens is 216 g/mol. The Morgan fingerprint density at radius 3 is 2.81 bits per heavy atom. The summed E-state index contributed by atoms with van der Waals surface area (Å²) in [5.41, 5.74) is 6.43. The first-order valence-corrected chi connectivity index (χ1v) is 7.84. The van der Waals surface area contributed by atoms with E-state index in [0.717, 1.165) is 18.5 Å². The van der Waals surface area contributed by atoms with E-state index in [4.69, 9.17) is 5.73 Å². The SMILES string of the molecule is CC1CCCC(CN)(N(C)C2CCSC2)C1. The summed E-state index contributed by atoms with van der Waals surface area (Å²) in [5, 5.41) is 0. The molecule has 2 N–H and O–H groups in total. The van der Waals surface area contributed by atoms with E-state index in [1.54, 1.807) is 0 Å². The summed E-state index contributed by atoms with van der Waals surface area (Å²) < 4.78 is 0. The van der Waals surface area contributed by atoms with Gasteiger partial charge in [-0.25, -0.2) is 0 Å². The zero-order valence-corrected chi connectivity index (χ0v) is 11.6. The molecule has 0 bridgehead atoms. The topological polar surface area (TPSA) is 29.3 Å². The molecule has 1 aliphatic heterocycles. The lowest BCUT2D eigenvalue weighted by Crippen LogP contribution is -2.58. The summed E-state index contributed by atoms with van der Waals surface area (Å²) in [4.78, 5) is 2.64. The third-order valence-electron chi connectivity index (χ3n) is 4.65. The van der Waals surface area contributed by atoms with Crippen LogP contribution in [0.15, 0.2) is 0 Å². The molecule has 94 valence electrons. The predicted octanol–water partition coefficient (Wildman–Crippen LogP) is 2.33. The molecule has 3 heteroatoms. The van der Waals surface area contributed by atoms with Gasteiger partial charge in [-0.3, -0.25) is 4.90 Å². The Balaban J connectivity index is 2.06. The average molecular weight is 242 g/mol. The molecule has 3 atom stereocenters. The zero-order chi connectivity index (χ0) is 11.6. The summed E-state index contributed by atoms with van der Waals surface area (Å²) in [6.07, 6.45) is 6.74. The van der Waals surface area contributed by atoms with Crippen molar-refractivity contribution in [2.75, 3.05) is 25.1 Å². The second-order valence-corrected chi connectivity index (χ2v) is 6.91. The van der Waals surface area contributed by atoms with Crippen molar-refractivity contribution in [3.63, 3.8) is 0 Å². The normalized spacial score (nSPS) is 40.5. The molecule has 1 saturated carbocycles. The molecule has 1 heterocycles. The molecule has 3 unspecified atom stereocenters. The zero-order valence-electron chi connectivity index (χ0n) is 10.7. The van der Waals surface area contributed by atoms with Gasteiger partial charge in [-0.1, -0.05) is 19.8 Å². The average Bonchev–Trinajstić information content (AvgIpc) is 2.81. The highest BCUT2D eigenvalue weighted by Gasteiger charge is 2.40. The third-order valence-corrected chi connectivity index (χ3v) is 5.79. The Hall–Kier alpha value is 0.270. The van der Waals surface area contributed by atoms with Gasteiger partial charge in [-0.2, -0.15) is 11.8 Å². The van der Waals surface area contributed by atoms with Crippen LogP contribution in [0, 0.1) is 5.92 Å². The molecule has 1 saturated heterocycles. The molecule has 1 aliphatic carbocycles. The molecule has 2 rings (SSSR count). The number of nitrogens with zero attached hydrogens (tertiary/aromatic N) is 1. The molecule has 0 spiro atoms. The van der Waals surface area contributed by atoms with Crippen LogP contribution >= 0.6 is 11.8 Å². The van der Waals surface area contributed by atoms with Crippen molar-refractivity contribution in [2.45, 2.75) is 50.6 Å². The van der Waals surface area contributed by atoms with Gasteiger partial charge in [0.25, 0.3) is 0 Å². The monoisotopic (exact) mass is 242 g/mol. The van der Waals surface area contributed by atoms with E-state index < -0.39 is 0 Å². The lowest BCUT2D eigenvalue weighted by atomic mass is 9.75. The van der Waals surface area contributed by atoms with E-state index >= 15 is 0 Å². The van der Waals surface area contributed by atoms with Crippen LogP contribution in [0.1, 0.15) is 39.0 Å². The first-order chi connectivity index (χ1) is 7.68. The van der Waals surface area contributed by atoms with Gasteiger partial charge in [0.1, 0.15) is 0 Å². The van der Waals surface area contributed by atoms with Crippen LogP contribution in [-0.2, 0) is 0 Å². The van der Waals surface area contributed by atoms with Crippen molar-refractivity contribution in [2.24, 2.45) is 11.7 Å². The molecular formula is C13H26N2S. The Bertz CT molecular complexity index is 228. The molecule has 2 fully saturated rings. The Labute approximate surface area is 104 Å². The van der Waals surface area contributed by atoms with Gasteiger partial charge >= 0.3 is 0 Å². The standard InChI is InChI=1S/C13H26N2S/c1-11-4-3-6-13(8-11,10-14)15(2)12-5-7-16-9-12/h11-12H,3-10,14H2,1-2H3. The Morgan fingerprint density at radius 1 is 1.44 bits per heavy atom. The van der Waals surface area contributed by atoms with Gasteiger partial charge < -0.3 is 5.73 Å². The van der Waals surface area contributed by atoms with E-state index in [1.165, 1.54) is 43.6 Å². The van der Waals surface area contributed by atoms with Crippen LogP contribution in [0.3, 0.4) is 0 Å². The molecule has 0 amide bonds. The minimum absolute atomic E-state index is 0.313. The molecule has 0 aromatic rings. The number of nitrogens with two attached hydrogens (primary N) is 1. The summed E-state index contributed by atoms with van der Waals surface area (Å²) >= 11 is 2.10. The fourth-order valence-corrected chi connectivity index (χ4v) is 4.76. The fourth-order valence-electron chi connectivity index (χ4n) is 3.50. The molecule has 2 aliphatic rings. The lowest BCUT2D eigenvalue weighted by Gasteiger charge is -2.48. The van der Waals surface area contributed by atoms with Crippen molar-refractivity contribution in [3.05, 3.63) is 0 Å². The summed E-state index contributed by atoms with van der Waals surface area (Å²) in [6.45, 7) is 3.23. The van der Waals surface area contributed by atoms with E-state index in [1.807, 2.05) is 0 Å². The number of rotatable bonds is 3. The second kappa shape index (κ2) is 5.28. The summed E-state index contributed by atoms with van der Waals surface area (Å²) in [6, 6.07) is 0.777. The summed E-state index contributed by atoms with van der Waals surface area (Å²) in [7, 11) is 2.32. The highest BCUT2D eigenvalue weighted by Crippen LogP contribution is 2.38. The summed E-state index contributed by atoms with van der Waals surface area (Å²) in [5.74, 6) is 3.51. The highest BCUT2D eigenvalue weighted by molar-refractivity contribution is 7.99. The van der Waals surface area contributed by atoms with Crippen molar-refractivity contribution < 1.29 is 0 Å². The molecule has 0 aromatic carbocycles. The smallest absolute Gasteiger partial charge is 0.0334 e. The number of thioether (sulfide) groups is 1. The highest BCUT2D eigenvalue weighted by atomic mass is 32.2. The molecule has 2 nitrogen and oxygen atoms in total. The molecule has 0 aromatic heterocycles. The van der Waals surface area contributed by atoms with Gasteiger partial charge in [0.15, 0.2) is 0 Å². The second-order valence-electron chi connectivity index (χ2n) is 5.76. The maximum absolute atomic E-state index is 6.12. The number of hydrogen-bond donors (Lipinski definition) is 1. The van der Waals surface area contributed by atoms with Crippen molar-refractivity contribution in [3.8, 4) is 0 Å². The quantitative estimate of drug-likeness (QED) is 0.823. The Kier molecular flexibility index (Phi) is 4.20. The Morgan fingerprint density at radius 2 is 2.25 bits per heavy atom. The van der Waals surface area contributed by atoms with Crippen LogP contribution in [0.4, 0.5) is 0 Å². The van der Waals surface area contributed by atoms with Gasteiger partial charge in [0.2, 0.25) is 0 Å². The third kappa shape index (κ3) is 2.41. The van der Waals surface area contributed by atoms with Crippen LogP contribution in [0.25, 0.3) is 0 Å². The van der Waals surface area contributed by atoms with E-state index in [0.29, 0.717) is 5.54 Å². The van der Waals surface area contributed by atoms with E-state index in [-0.39, 0.29) is 0 Å². The van der Waals surface area contributed by atoms with Gasteiger partial charge in [0, 0.05) is 23.9 Å². The maximum atomic E-state index is 6.12. The first-order valence-electron chi connectivity index (χ1n) is 6.69. The van der Waals surface area contributed by atoms with Crippen LogP contribution in [0.2, 0.25) is 0 Å². The maximum Gasteiger partial charge on any atom is 0.0334 e. The van der Waals surface area contributed by atoms with E-state index in [9.17, 15) is 0 Å². The van der Waals surface area contributed by atoms with Gasteiger partial charge in [-0.05, 0) is 38.0 Å². The molecule has 16 heavy (non-hydrogen) atoms. The minimum Gasteiger partial charge on any atom is -0.329 e. The van der Waals surface area contributed by atoms with Crippen LogP contribution in [-0.4, -0.2) is 41.6 Å². The number of hydrogen-bond acceptors (Lipinski definition) is 3. The van der Waals surface area contributed by atoms with Crippen molar-refractivity contribution in [1.82, 2.24) is 4.90 Å². The van der Waals surface area contributed by atoms with Crippen LogP contribution in [0.5, 0.6) is 0 Å². The predicted molar refractivity (Wildman–Crippen MR) is 72.9 cm³/mol. The van der Waals surface area contributed by atoms with Gasteiger partial charge in [0.05, 0.1) is 0 Å². The lowest BCUT2D eigenvalue weighted by molar-refractivity contribution is 0.0349. The van der Waals surface area contributed by atoms with Gasteiger partial charge in [-0.15, -0.1) is 0 Å². The minimum atomic E-state index is 0.313. The number of likely N-dealkylation sites (N-methyl/N-ethyl adjacent to an activating group) is 1. The first kappa shape index (κ1) is 12.7. The van der Waals surface area contributed by atoms with Crippen LogP contribution < -0.4 is 5.73 Å². The largest absolute Gasteiger partial charge is 0.329 e. The van der Waals surface area contributed by atoms with Crippen molar-refractivity contribution in [1.29, 1.82) is 0 Å². The van der Waals surface area contributed by atoms with E-state index in [2.05, 4.69) is 30.6 Å². The molecule has 0 radical (unpaired) electrons.